The molecule has 4 aliphatic rings. The van der Waals surface area contributed by atoms with Gasteiger partial charge in [0.1, 0.15) is 6.17 Å². The second kappa shape index (κ2) is 7.28. The number of halogens is 1. The number of hydrogen-bond donors (Lipinski definition) is 1. The second-order valence-electron chi connectivity index (χ2n) is 10.5. The molecule has 31 heavy (non-hydrogen) atoms. The highest BCUT2D eigenvalue weighted by Gasteiger charge is 2.71. The number of carboxylic acid groups (broad SMARTS) is 1. The normalized spacial score (nSPS) is 43.8. The SMILES string of the molecule is CCCC(=O)O[C@]1(C(=O)O)[C@H](C)C[C@H]2[C@@H]3C[C@H](F)C4=CC(=O)CC[C@]4(C)C3=CC[C@@]21C. The highest BCUT2D eigenvalue weighted by Crippen LogP contribution is 2.68. The minimum absolute atomic E-state index is 0.0166. The van der Waals surface area contributed by atoms with Crippen LogP contribution in [0.3, 0.4) is 0 Å². The Hall–Kier alpha value is -1.98. The van der Waals surface area contributed by atoms with E-state index in [9.17, 15) is 19.5 Å². The zero-order chi connectivity index (χ0) is 22.8. The summed E-state index contributed by atoms with van der Waals surface area (Å²) < 4.78 is 21.2. The van der Waals surface area contributed by atoms with Crippen molar-refractivity contribution < 1.29 is 28.6 Å². The molecule has 2 saturated carbocycles. The quantitative estimate of drug-likeness (QED) is 0.510. The Morgan fingerprint density at radius 1 is 1.26 bits per heavy atom. The highest BCUT2D eigenvalue weighted by atomic mass is 19.1. The number of carbonyl (C=O) groups excluding carboxylic acids is 2. The van der Waals surface area contributed by atoms with E-state index in [0.717, 1.165) is 5.57 Å². The molecule has 170 valence electrons. The van der Waals surface area contributed by atoms with Crippen molar-refractivity contribution in [2.75, 3.05) is 0 Å². The molecule has 0 amide bonds. The molecule has 6 heteroatoms. The van der Waals surface area contributed by atoms with Gasteiger partial charge in [-0.05, 0) is 55.6 Å². The Morgan fingerprint density at radius 2 is 1.97 bits per heavy atom. The Kier molecular flexibility index (Phi) is 5.22. The van der Waals surface area contributed by atoms with Crippen molar-refractivity contribution in [1.82, 2.24) is 0 Å². The summed E-state index contributed by atoms with van der Waals surface area (Å²) in [5.74, 6) is -2.18. The summed E-state index contributed by atoms with van der Waals surface area (Å²) in [5.41, 5.74) is -1.18. The van der Waals surface area contributed by atoms with Gasteiger partial charge >= 0.3 is 11.9 Å². The zero-order valence-electron chi connectivity index (χ0n) is 18.9. The molecule has 1 N–H and O–H groups in total. The van der Waals surface area contributed by atoms with Gasteiger partial charge in [-0.3, -0.25) is 9.59 Å². The van der Waals surface area contributed by atoms with Crippen LogP contribution in [0, 0.1) is 28.6 Å². The van der Waals surface area contributed by atoms with E-state index < -0.39 is 34.5 Å². The van der Waals surface area contributed by atoms with Crippen LogP contribution in [0.25, 0.3) is 0 Å². The van der Waals surface area contributed by atoms with Crippen LogP contribution in [0.4, 0.5) is 4.39 Å². The maximum Gasteiger partial charge on any atom is 0.349 e. The Morgan fingerprint density at radius 3 is 2.61 bits per heavy atom. The molecule has 0 aliphatic heterocycles. The van der Waals surface area contributed by atoms with E-state index in [1.807, 2.05) is 27.7 Å². The monoisotopic (exact) mass is 432 g/mol. The van der Waals surface area contributed by atoms with E-state index in [1.165, 1.54) is 6.08 Å². The van der Waals surface area contributed by atoms with Crippen molar-refractivity contribution in [3.8, 4) is 0 Å². The van der Waals surface area contributed by atoms with Crippen LogP contribution in [-0.4, -0.2) is 34.6 Å². The molecule has 5 nitrogen and oxygen atoms in total. The average Bonchev–Trinajstić information content (AvgIpc) is 2.92. The molecule has 0 radical (unpaired) electrons. The number of aliphatic carboxylic acids is 1. The molecule has 0 bridgehead atoms. The minimum atomic E-state index is -1.61. The fourth-order valence-corrected chi connectivity index (χ4v) is 7.34. The summed E-state index contributed by atoms with van der Waals surface area (Å²) in [4.78, 5) is 37.1. The number of ketones is 1. The molecule has 4 rings (SSSR count). The summed E-state index contributed by atoms with van der Waals surface area (Å²) in [6.45, 7) is 7.64. The number of esters is 1. The molecule has 2 fully saturated rings. The van der Waals surface area contributed by atoms with Gasteiger partial charge in [-0.15, -0.1) is 0 Å². The van der Waals surface area contributed by atoms with Gasteiger partial charge in [-0.2, -0.15) is 0 Å². The summed E-state index contributed by atoms with van der Waals surface area (Å²) in [6, 6.07) is 0. The first-order valence-corrected chi connectivity index (χ1v) is 11.6. The number of carboxylic acids is 1. The number of carbonyl (C=O) groups is 3. The molecular formula is C25H33FO5. The van der Waals surface area contributed by atoms with Crippen molar-refractivity contribution >= 4 is 17.7 Å². The topological polar surface area (TPSA) is 80.7 Å². The van der Waals surface area contributed by atoms with Gasteiger partial charge in [-0.1, -0.05) is 39.3 Å². The first kappa shape index (κ1) is 22.2. The third kappa shape index (κ3) is 2.89. The lowest BCUT2D eigenvalue weighted by atomic mass is 9.50. The molecule has 7 atom stereocenters. The molecule has 0 aromatic heterocycles. The molecule has 4 aliphatic carbocycles. The number of fused-ring (bicyclic) bond motifs is 5. The predicted octanol–water partition coefficient (Wildman–Crippen LogP) is 4.80. The molecule has 0 saturated heterocycles. The van der Waals surface area contributed by atoms with E-state index in [2.05, 4.69) is 6.08 Å². The lowest BCUT2D eigenvalue weighted by Gasteiger charge is -2.55. The second-order valence-corrected chi connectivity index (χ2v) is 10.5. The summed E-state index contributed by atoms with van der Waals surface area (Å²) >= 11 is 0. The van der Waals surface area contributed by atoms with Crippen LogP contribution >= 0.6 is 0 Å². The largest absolute Gasteiger partial charge is 0.478 e. The van der Waals surface area contributed by atoms with E-state index in [-0.39, 0.29) is 36.4 Å². The fourth-order valence-electron chi connectivity index (χ4n) is 7.34. The van der Waals surface area contributed by atoms with Gasteiger partial charge in [-0.25, -0.2) is 9.18 Å². The third-order valence-corrected chi connectivity index (χ3v) is 8.91. The van der Waals surface area contributed by atoms with Crippen molar-refractivity contribution in [2.24, 2.45) is 28.6 Å². The van der Waals surface area contributed by atoms with Crippen LogP contribution in [0.15, 0.2) is 23.3 Å². The molecule has 0 heterocycles. The van der Waals surface area contributed by atoms with Crippen LogP contribution in [0.5, 0.6) is 0 Å². The Balaban J connectivity index is 1.79. The van der Waals surface area contributed by atoms with Crippen LogP contribution in [0.2, 0.25) is 0 Å². The highest BCUT2D eigenvalue weighted by molar-refractivity contribution is 5.92. The molecular weight excluding hydrogens is 399 g/mol. The smallest absolute Gasteiger partial charge is 0.349 e. The molecule has 0 spiro atoms. The van der Waals surface area contributed by atoms with Crippen LogP contribution < -0.4 is 0 Å². The van der Waals surface area contributed by atoms with Crippen LogP contribution in [0.1, 0.15) is 72.6 Å². The number of rotatable bonds is 4. The summed E-state index contributed by atoms with van der Waals surface area (Å²) in [6.07, 6.45) is 5.44. The first-order valence-electron chi connectivity index (χ1n) is 11.6. The molecule has 0 unspecified atom stereocenters. The number of ether oxygens (including phenoxy) is 1. The standard InChI is InChI=1S/C25H33FO5/c1-5-6-21(28)31-25(22(29)30)14(2)11-18-16-13-20(26)19-12-15(27)7-9-23(19,3)17(16)8-10-24(18,25)4/h8,12,14,16,18,20H,5-7,9-11,13H2,1-4H3,(H,29,30)/t14-,16-,18+,20+,23-,24+,25+/m1/s1. The maximum atomic E-state index is 15.4. The van der Waals surface area contributed by atoms with Gasteiger partial charge in [0.25, 0.3) is 0 Å². The Labute approximate surface area is 183 Å². The molecule has 0 aromatic rings. The lowest BCUT2D eigenvalue weighted by Crippen LogP contribution is -2.59. The third-order valence-electron chi connectivity index (χ3n) is 8.91. The first-order chi connectivity index (χ1) is 14.5. The van der Waals surface area contributed by atoms with Crippen molar-refractivity contribution in [3.05, 3.63) is 23.3 Å². The van der Waals surface area contributed by atoms with Crippen molar-refractivity contribution in [1.29, 1.82) is 0 Å². The predicted molar refractivity (Wildman–Crippen MR) is 113 cm³/mol. The lowest BCUT2D eigenvalue weighted by molar-refractivity contribution is -0.201. The number of hydrogen-bond acceptors (Lipinski definition) is 4. The summed E-state index contributed by atoms with van der Waals surface area (Å²) in [7, 11) is 0. The summed E-state index contributed by atoms with van der Waals surface area (Å²) in [5, 5.41) is 10.4. The Bertz CT molecular complexity index is 890. The van der Waals surface area contributed by atoms with E-state index >= 15 is 4.39 Å². The van der Waals surface area contributed by atoms with Gasteiger partial charge in [0, 0.05) is 29.6 Å². The van der Waals surface area contributed by atoms with Gasteiger partial charge in [0.2, 0.25) is 5.60 Å². The zero-order valence-corrected chi connectivity index (χ0v) is 18.9. The van der Waals surface area contributed by atoms with E-state index in [0.29, 0.717) is 37.7 Å². The van der Waals surface area contributed by atoms with Crippen LogP contribution in [-0.2, 0) is 19.1 Å². The van der Waals surface area contributed by atoms with Crippen molar-refractivity contribution in [2.45, 2.75) is 84.4 Å². The number of alkyl halides is 1. The van der Waals surface area contributed by atoms with Gasteiger partial charge in [0.05, 0.1) is 0 Å². The maximum absolute atomic E-state index is 15.4. The van der Waals surface area contributed by atoms with Crippen molar-refractivity contribution in [3.63, 3.8) is 0 Å². The average molecular weight is 433 g/mol. The van der Waals surface area contributed by atoms with Gasteiger partial charge < -0.3 is 9.84 Å². The minimum Gasteiger partial charge on any atom is -0.478 e. The van der Waals surface area contributed by atoms with E-state index in [4.69, 9.17) is 4.74 Å². The van der Waals surface area contributed by atoms with E-state index in [1.54, 1.807) is 0 Å². The number of allylic oxidation sites excluding steroid dienone is 4. The van der Waals surface area contributed by atoms with Gasteiger partial charge in [0.15, 0.2) is 5.78 Å². The molecule has 0 aromatic carbocycles. The fraction of sp³-hybridized carbons (Fsp3) is 0.720.